The SMILES string of the molecule is CCCCCCCCCCCCCCCCCCCC(=O)Oc1ccc(Cl)cc1. The molecule has 0 amide bonds. The molecule has 0 saturated heterocycles. The fourth-order valence-electron chi connectivity index (χ4n) is 3.68. The van der Waals surface area contributed by atoms with Crippen molar-refractivity contribution in [1.82, 2.24) is 0 Å². The van der Waals surface area contributed by atoms with E-state index in [2.05, 4.69) is 6.92 Å². The molecule has 3 heteroatoms. The van der Waals surface area contributed by atoms with Crippen LogP contribution >= 0.6 is 11.6 Å². The van der Waals surface area contributed by atoms with Crippen LogP contribution in [0.2, 0.25) is 5.02 Å². The van der Waals surface area contributed by atoms with Gasteiger partial charge in [0.15, 0.2) is 0 Å². The molecule has 0 radical (unpaired) electrons. The van der Waals surface area contributed by atoms with Crippen molar-refractivity contribution in [2.24, 2.45) is 0 Å². The van der Waals surface area contributed by atoms with Crippen molar-refractivity contribution in [2.45, 2.75) is 122 Å². The molecule has 0 unspecified atom stereocenters. The number of unbranched alkanes of at least 4 members (excludes halogenated alkanes) is 16. The minimum atomic E-state index is -0.145. The second-order valence-corrected chi connectivity index (χ2v) is 8.77. The maximum absolute atomic E-state index is 11.8. The van der Waals surface area contributed by atoms with Crippen molar-refractivity contribution in [2.75, 3.05) is 0 Å². The number of hydrogen-bond donors (Lipinski definition) is 0. The van der Waals surface area contributed by atoms with E-state index in [1.54, 1.807) is 24.3 Å². The molecule has 0 N–H and O–H groups in total. The molecule has 166 valence electrons. The van der Waals surface area contributed by atoms with Gasteiger partial charge in [-0.1, -0.05) is 121 Å². The van der Waals surface area contributed by atoms with Gasteiger partial charge in [-0.3, -0.25) is 4.79 Å². The first-order valence-corrected chi connectivity index (χ1v) is 12.6. The van der Waals surface area contributed by atoms with Crippen molar-refractivity contribution >= 4 is 17.6 Å². The quantitative estimate of drug-likeness (QED) is 0.126. The summed E-state index contributed by atoms with van der Waals surface area (Å²) in [7, 11) is 0. The van der Waals surface area contributed by atoms with E-state index in [0.29, 0.717) is 17.2 Å². The molecule has 1 aromatic carbocycles. The normalized spacial score (nSPS) is 11.0. The second kappa shape index (κ2) is 19.0. The Bertz CT molecular complexity index is 498. The fourth-order valence-corrected chi connectivity index (χ4v) is 3.81. The molecule has 0 atom stereocenters. The summed E-state index contributed by atoms with van der Waals surface area (Å²) in [5.41, 5.74) is 0. The Kier molecular flexibility index (Phi) is 17.0. The average molecular weight is 423 g/mol. The fraction of sp³-hybridized carbons (Fsp3) is 0.731. The van der Waals surface area contributed by atoms with E-state index in [-0.39, 0.29) is 5.97 Å². The van der Waals surface area contributed by atoms with Crippen LogP contribution in [0.5, 0.6) is 5.75 Å². The van der Waals surface area contributed by atoms with Crippen LogP contribution in [0, 0.1) is 0 Å². The van der Waals surface area contributed by atoms with Gasteiger partial charge in [-0.2, -0.15) is 0 Å². The molecule has 1 aromatic rings. The highest BCUT2D eigenvalue weighted by molar-refractivity contribution is 6.30. The zero-order valence-corrected chi connectivity index (χ0v) is 19.5. The van der Waals surface area contributed by atoms with Crippen LogP contribution < -0.4 is 4.74 Å². The summed E-state index contributed by atoms with van der Waals surface area (Å²) in [6, 6.07) is 6.93. The van der Waals surface area contributed by atoms with E-state index in [9.17, 15) is 4.79 Å². The third-order valence-electron chi connectivity index (χ3n) is 5.53. The van der Waals surface area contributed by atoms with Gasteiger partial charge in [-0.05, 0) is 30.7 Å². The van der Waals surface area contributed by atoms with Crippen LogP contribution in [0.3, 0.4) is 0 Å². The van der Waals surface area contributed by atoms with Gasteiger partial charge in [0.25, 0.3) is 0 Å². The highest BCUT2D eigenvalue weighted by Gasteiger charge is 2.04. The van der Waals surface area contributed by atoms with Gasteiger partial charge in [0, 0.05) is 11.4 Å². The molecule has 0 aliphatic heterocycles. The molecular weight excluding hydrogens is 380 g/mol. The van der Waals surface area contributed by atoms with Crippen molar-refractivity contribution < 1.29 is 9.53 Å². The van der Waals surface area contributed by atoms with Crippen molar-refractivity contribution in [3.8, 4) is 5.75 Å². The predicted octanol–water partition coefficient (Wildman–Crippen LogP) is 9.29. The Morgan fingerprint density at radius 2 is 1.03 bits per heavy atom. The molecule has 0 heterocycles. The summed E-state index contributed by atoms with van der Waals surface area (Å²) in [4.78, 5) is 11.8. The first-order valence-electron chi connectivity index (χ1n) is 12.2. The zero-order chi connectivity index (χ0) is 21.0. The average Bonchev–Trinajstić information content (AvgIpc) is 2.72. The van der Waals surface area contributed by atoms with E-state index in [4.69, 9.17) is 16.3 Å². The van der Waals surface area contributed by atoms with Gasteiger partial charge in [0.1, 0.15) is 5.75 Å². The smallest absolute Gasteiger partial charge is 0.311 e. The lowest BCUT2D eigenvalue weighted by Gasteiger charge is -2.05. The summed E-state index contributed by atoms with van der Waals surface area (Å²) in [6.07, 6.45) is 23.4. The zero-order valence-electron chi connectivity index (χ0n) is 18.7. The molecule has 29 heavy (non-hydrogen) atoms. The molecule has 2 nitrogen and oxygen atoms in total. The standard InChI is InChI=1S/C26H43ClO2/c1-2-3-4-5-6-7-8-9-10-11-12-13-14-15-16-17-18-19-26(28)29-25-22-20-24(27)21-23-25/h20-23H,2-19H2,1H3. The Morgan fingerprint density at radius 1 is 0.655 bits per heavy atom. The lowest BCUT2D eigenvalue weighted by Crippen LogP contribution is -2.07. The minimum Gasteiger partial charge on any atom is -0.427 e. The minimum absolute atomic E-state index is 0.145. The Hall–Kier alpha value is -1.02. The van der Waals surface area contributed by atoms with Gasteiger partial charge < -0.3 is 4.74 Å². The molecule has 0 aliphatic carbocycles. The largest absolute Gasteiger partial charge is 0.427 e. The van der Waals surface area contributed by atoms with Crippen molar-refractivity contribution in [1.29, 1.82) is 0 Å². The van der Waals surface area contributed by atoms with E-state index >= 15 is 0 Å². The van der Waals surface area contributed by atoms with E-state index in [0.717, 1.165) is 12.8 Å². The van der Waals surface area contributed by atoms with Crippen LogP contribution in [0.1, 0.15) is 122 Å². The lowest BCUT2D eigenvalue weighted by atomic mass is 10.0. The molecular formula is C26H43ClO2. The van der Waals surface area contributed by atoms with Crippen LogP contribution in [-0.2, 0) is 4.79 Å². The molecule has 0 saturated carbocycles. The number of esters is 1. The number of hydrogen-bond acceptors (Lipinski definition) is 2. The predicted molar refractivity (Wildman–Crippen MR) is 126 cm³/mol. The van der Waals surface area contributed by atoms with E-state index < -0.39 is 0 Å². The lowest BCUT2D eigenvalue weighted by molar-refractivity contribution is -0.134. The van der Waals surface area contributed by atoms with Gasteiger partial charge >= 0.3 is 5.97 Å². The monoisotopic (exact) mass is 422 g/mol. The number of carbonyl (C=O) groups is 1. The molecule has 0 aliphatic rings. The molecule has 0 fully saturated rings. The van der Waals surface area contributed by atoms with E-state index in [1.807, 2.05) is 0 Å². The molecule has 0 bridgehead atoms. The Labute approximate surface area is 184 Å². The van der Waals surface area contributed by atoms with Crippen LogP contribution in [0.25, 0.3) is 0 Å². The van der Waals surface area contributed by atoms with Gasteiger partial charge in [-0.15, -0.1) is 0 Å². The van der Waals surface area contributed by atoms with Gasteiger partial charge in [0.05, 0.1) is 0 Å². The molecule has 0 spiro atoms. The Balaban J connectivity index is 1.77. The maximum atomic E-state index is 11.8. The third kappa shape index (κ3) is 16.5. The van der Waals surface area contributed by atoms with Crippen LogP contribution in [0.4, 0.5) is 0 Å². The molecule has 0 aromatic heterocycles. The molecule has 1 rings (SSSR count). The third-order valence-corrected chi connectivity index (χ3v) is 5.78. The highest BCUT2D eigenvalue weighted by Crippen LogP contribution is 2.17. The summed E-state index contributed by atoms with van der Waals surface area (Å²) >= 11 is 5.82. The van der Waals surface area contributed by atoms with Crippen molar-refractivity contribution in [3.05, 3.63) is 29.3 Å². The first-order chi connectivity index (χ1) is 14.2. The summed E-state index contributed by atoms with van der Waals surface area (Å²) in [6.45, 7) is 2.28. The topological polar surface area (TPSA) is 26.3 Å². The summed E-state index contributed by atoms with van der Waals surface area (Å²) in [5.74, 6) is 0.430. The second-order valence-electron chi connectivity index (χ2n) is 8.33. The van der Waals surface area contributed by atoms with Gasteiger partial charge in [0.2, 0.25) is 0 Å². The number of benzene rings is 1. The number of rotatable bonds is 19. The number of carbonyl (C=O) groups excluding carboxylic acids is 1. The van der Waals surface area contributed by atoms with Crippen LogP contribution in [-0.4, -0.2) is 5.97 Å². The van der Waals surface area contributed by atoms with Gasteiger partial charge in [-0.25, -0.2) is 0 Å². The van der Waals surface area contributed by atoms with E-state index in [1.165, 1.54) is 96.3 Å². The van der Waals surface area contributed by atoms with Crippen molar-refractivity contribution in [3.63, 3.8) is 0 Å². The van der Waals surface area contributed by atoms with Crippen LogP contribution in [0.15, 0.2) is 24.3 Å². The maximum Gasteiger partial charge on any atom is 0.311 e. The summed E-state index contributed by atoms with van der Waals surface area (Å²) < 4.78 is 5.30. The summed E-state index contributed by atoms with van der Waals surface area (Å²) in [5, 5.41) is 0.651. The first kappa shape index (κ1) is 26.0. The number of ether oxygens (including phenoxy) is 1. The number of halogens is 1. The highest BCUT2D eigenvalue weighted by atomic mass is 35.5. The Morgan fingerprint density at radius 3 is 1.45 bits per heavy atom.